The van der Waals surface area contributed by atoms with Crippen molar-refractivity contribution in [3.8, 4) is 0 Å². The molecule has 0 bridgehead atoms. The third kappa shape index (κ3) is 2.50. The van der Waals surface area contributed by atoms with E-state index in [1.165, 1.54) is 12.8 Å². The lowest BCUT2D eigenvalue weighted by Gasteiger charge is -2.24. The number of rotatable bonds is 6. The summed E-state index contributed by atoms with van der Waals surface area (Å²) in [6.45, 7) is 6.79. The summed E-state index contributed by atoms with van der Waals surface area (Å²) in [5.74, 6) is 1.11. The van der Waals surface area contributed by atoms with Crippen molar-refractivity contribution in [2.24, 2.45) is 11.3 Å². The van der Waals surface area contributed by atoms with Crippen molar-refractivity contribution in [3.05, 3.63) is 27.2 Å². The summed E-state index contributed by atoms with van der Waals surface area (Å²) >= 11 is 0. The fraction of sp³-hybridized carbons (Fsp3) is 0.722. The summed E-state index contributed by atoms with van der Waals surface area (Å²) in [6.07, 6.45) is 7.20. The van der Waals surface area contributed by atoms with Crippen LogP contribution in [0.5, 0.6) is 0 Å². The molecule has 0 spiro atoms. The topological polar surface area (TPSA) is 74.6 Å². The first kappa shape index (κ1) is 16.2. The molecule has 0 saturated heterocycles. The Kier molecular flexibility index (Phi) is 4.07. The van der Waals surface area contributed by atoms with Gasteiger partial charge in [0.15, 0.2) is 5.49 Å². The highest BCUT2D eigenvalue weighted by Crippen LogP contribution is 2.62. The van der Waals surface area contributed by atoms with Crippen molar-refractivity contribution in [1.29, 1.82) is 10.8 Å². The monoisotopic (exact) mass is 316 g/mol. The maximum atomic E-state index is 12.7. The fourth-order valence-corrected chi connectivity index (χ4v) is 3.91. The standard InChI is InChI=1S/C18H28N4O/c1-4-6-11-21-12(3)14(5-2)22(15(19)16(21)23)17(20)18(9-10-18)13-7-8-13/h13,19-20H,4-11H2,1-3H3. The number of hydrogen-bond donors (Lipinski definition) is 2. The Morgan fingerprint density at radius 1 is 1.30 bits per heavy atom. The molecular weight excluding hydrogens is 288 g/mol. The molecule has 5 heteroatoms. The van der Waals surface area contributed by atoms with Crippen molar-refractivity contribution in [2.75, 3.05) is 0 Å². The molecule has 2 N–H and O–H groups in total. The molecule has 0 amide bonds. The Hall–Kier alpha value is -1.65. The quantitative estimate of drug-likeness (QED) is 0.614. The zero-order chi connectivity index (χ0) is 16.8. The zero-order valence-electron chi connectivity index (χ0n) is 14.5. The van der Waals surface area contributed by atoms with Crippen molar-refractivity contribution in [3.63, 3.8) is 0 Å². The van der Waals surface area contributed by atoms with Crippen LogP contribution in [0.4, 0.5) is 0 Å². The van der Waals surface area contributed by atoms with Crippen LogP contribution in [0, 0.1) is 29.1 Å². The van der Waals surface area contributed by atoms with Gasteiger partial charge in [-0.3, -0.25) is 20.2 Å². The third-order valence-electron chi connectivity index (χ3n) is 5.68. The van der Waals surface area contributed by atoms with Crippen molar-refractivity contribution in [2.45, 2.75) is 72.3 Å². The largest absolute Gasteiger partial charge is 0.308 e. The molecule has 23 heavy (non-hydrogen) atoms. The minimum Gasteiger partial charge on any atom is -0.308 e. The van der Waals surface area contributed by atoms with Crippen LogP contribution in [0.1, 0.15) is 63.8 Å². The Morgan fingerprint density at radius 3 is 2.43 bits per heavy atom. The minimum atomic E-state index is -0.246. The van der Waals surface area contributed by atoms with E-state index in [1.807, 2.05) is 6.92 Å². The average molecular weight is 316 g/mol. The molecule has 2 fully saturated rings. The van der Waals surface area contributed by atoms with Crippen molar-refractivity contribution >= 4 is 5.84 Å². The lowest BCUT2D eigenvalue weighted by molar-refractivity contribution is 0.543. The predicted molar refractivity (Wildman–Crippen MR) is 91.1 cm³/mol. The van der Waals surface area contributed by atoms with E-state index in [0.717, 1.165) is 43.5 Å². The molecule has 126 valence electrons. The average Bonchev–Trinajstić information content (AvgIpc) is 3.40. The molecule has 0 aliphatic heterocycles. The maximum Gasteiger partial charge on any atom is 0.293 e. The summed E-state index contributed by atoms with van der Waals surface area (Å²) in [7, 11) is 0. The summed E-state index contributed by atoms with van der Waals surface area (Å²) in [6, 6.07) is 0. The fourth-order valence-electron chi connectivity index (χ4n) is 3.91. The molecule has 0 radical (unpaired) electrons. The Morgan fingerprint density at radius 2 is 1.96 bits per heavy atom. The Bertz CT molecular complexity index is 748. The smallest absolute Gasteiger partial charge is 0.293 e. The van der Waals surface area contributed by atoms with Gasteiger partial charge < -0.3 is 4.57 Å². The predicted octanol–water partition coefficient (Wildman–Crippen LogP) is 2.82. The second kappa shape index (κ2) is 5.77. The molecule has 0 atom stereocenters. The highest BCUT2D eigenvalue weighted by Gasteiger charge is 2.57. The van der Waals surface area contributed by atoms with E-state index in [0.29, 0.717) is 18.3 Å². The van der Waals surface area contributed by atoms with Crippen LogP contribution >= 0.6 is 0 Å². The summed E-state index contributed by atoms with van der Waals surface area (Å²) in [5, 5.41) is 17.1. The van der Waals surface area contributed by atoms with Gasteiger partial charge in [-0.15, -0.1) is 0 Å². The van der Waals surface area contributed by atoms with E-state index < -0.39 is 0 Å². The molecule has 2 aliphatic rings. The zero-order valence-corrected chi connectivity index (χ0v) is 14.5. The van der Waals surface area contributed by atoms with Crippen LogP contribution in [0.2, 0.25) is 0 Å². The summed E-state index contributed by atoms with van der Waals surface area (Å²) in [5.41, 5.74) is 1.57. The number of aromatic nitrogens is 2. The van der Waals surface area contributed by atoms with E-state index >= 15 is 0 Å². The molecule has 0 aromatic carbocycles. The van der Waals surface area contributed by atoms with E-state index in [-0.39, 0.29) is 16.5 Å². The van der Waals surface area contributed by atoms with Gasteiger partial charge >= 0.3 is 0 Å². The third-order valence-corrected chi connectivity index (χ3v) is 5.68. The second-order valence-electron chi connectivity index (χ2n) is 7.16. The minimum absolute atomic E-state index is 0.0273. The van der Waals surface area contributed by atoms with Crippen molar-refractivity contribution < 1.29 is 0 Å². The number of hydrogen-bond acceptors (Lipinski definition) is 3. The van der Waals surface area contributed by atoms with Crippen LogP contribution < -0.4 is 11.0 Å². The number of nitrogens with zero attached hydrogens (tertiary/aromatic N) is 2. The van der Waals surface area contributed by atoms with E-state index in [2.05, 4.69) is 13.8 Å². The molecule has 1 heterocycles. The molecule has 2 saturated carbocycles. The van der Waals surface area contributed by atoms with Gasteiger partial charge in [0.05, 0.1) is 0 Å². The first-order valence-electron chi connectivity index (χ1n) is 8.97. The first-order valence-corrected chi connectivity index (χ1v) is 8.97. The molecule has 0 unspecified atom stereocenters. The summed E-state index contributed by atoms with van der Waals surface area (Å²) in [4.78, 5) is 12.7. The molecule has 5 nitrogen and oxygen atoms in total. The van der Waals surface area contributed by atoms with E-state index in [9.17, 15) is 4.79 Å². The number of nitrogens with one attached hydrogen (secondary N) is 2. The SMILES string of the molecule is CCCCn1c(C)c(CC)n(C(=N)C2(C3CC3)CC2)c(=N)c1=O. The van der Waals surface area contributed by atoms with Gasteiger partial charge in [-0.25, -0.2) is 0 Å². The van der Waals surface area contributed by atoms with Crippen molar-refractivity contribution in [1.82, 2.24) is 9.13 Å². The molecule has 1 aromatic rings. The normalized spacial score (nSPS) is 18.9. The van der Waals surface area contributed by atoms with Gasteiger partial charge in [0.2, 0.25) is 0 Å². The molecular formula is C18H28N4O. The molecule has 2 aliphatic carbocycles. The van der Waals surface area contributed by atoms with Gasteiger partial charge in [-0.2, -0.15) is 0 Å². The highest BCUT2D eigenvalue weighted by molar-refractivity contribution is 5.91. The van der Waals surface area contributed by atoms with E-state index in [4.69, 9.17) is 10.8 Å². The van der Waals surface area contributed by atoms with Gasteiger partial charge in [-0.05, 0) is 51.4 Å². The Balaban J connectivity index is 2.12. The molecule has 1 aromatic heterocycles. The van der Waals surface area contributed by atoms with Crippen LogP contribution in [0.15, 0.2) is 4.79 Å². The van der Waals surface area contributed by atoms with Gasteiger partial charge in [0.1, 0.15) is 5.84 Å². The van der Waals surface area contributed by atoms with Gasteiger partial charge in [0, 0.05) is 23.3 Å². The highest BCUT2D eigenvalue weighted by atomic mass is 16.1. The van der Waals surface area contributed by atoms with Crippen LogP contribution in [-0.2, 0) is 13.0 Å². The summed E-state index contributed by atoms with van der Waals surface area (Å²) < 4.78 is 3.41. The van der Waals surface area contributed by atoms with E-state index in [1.54, 1.807) is 9.13 Å². The first-order chi connectivity index (χ1) is 11.0. The maximum absolute atomic E-state index is 12.7. The lowest BCUT2D eigenvalue weighted by atomic mass is 9.98. The molecule has 3 rings (SSSR count). The van der Waals surface area contributed by atoms with Crippen LogP contribution in [0.25, 0.3) is 0 Å². The van der Waals surface area contributed by atoms with Crippen LogP contribution in [-0.4, -0.2) is 15.0 Å². The van der Waals surface area contributed by atoms with Gasteiger partial charge in [0.25, 0.3) is 5.56 Å². The Labute approximate surface area is 137 Å². The number of unbranched alkanes of at least 4 members (excludes halogenated alkanes) is 1. The van der Waals surface area contributed by atoms with Gasteiger partial charge in [-0.1, -0.05) is 20.3 Å². The second-order valence-corrected chi connectivity index (χ2v) is 7.16. The lowest BCUT2D eigenvalue weighted by Crippen LogP contribution is -2.48. The van der Waals surface area contributed by atoms with Crippen LogP contribution in [0.3, 0.4) is 0 Å².